The van der Waals surface area contributed by atoms with Gasteiger partial charge in [-0.05, 0) is 55.7 Å². The number of thiocarbonyl (C=S) groups is 1. The molecule has 0 heterocycles. The van der Waals surface area contributed by atoms with Gasteiger partial charge in [-0.3, -0.25) is 0 Å². The zero-order valence-corrected chi connectivity index (χ0v) is 12.3. The van der Waals surface area contributed by atoms with Gasteiger partial charge in [0.15, 0.2) is 0 Å². The summed E-state index contributed by atoms with van der Waals surface area (Å²) >= 11 is 4.99. The van der Waals surface area contributed by atoms with Crippen LogP contribution in [0.2, 0.25) is 0 Å². The van der Waals surface area contributed by atoms with Gasteiger partial charge >= 0.3 is 0 Å². The van der Waals surface area contributed by atoms with Crippen LogP contribution in [0.3, 0.4) is 0 Å². The van der Waals surface area contributed by atoms with E-state index < -0.39 is 0 Å². The zero-order chi connectivity index (χ0) is 14.0. The van der Waals surface area contributed by atoms with Gasteiger partial charge in [0.2, 0.25) is 0 Å². The maximum atomic E-state index is 5.64. The van der Waals surface area contributed by atoms with Crippen molar-refractivity contribution in [2.24, 2.45) is 5.73 Å². The molecule has 0 spiro atoms. The highest BCUT2D eigenvalue weighted by molar-refractivity contribution is 7.80. The molecular formula is C16H18N2S. The van der Waals surface area contributed by atoms with E-state index in [0.717, 1.165) is 22.5 Å². The minimum absolute atomic E-state index is 0.432. The molecule has 3 N–H and O–H groups in total. The van der Waals surface area contributed by atoms with Crippen LogP contribution in [0.1, 0.15) is 22.3 Å². The topological polar surface area (TPSA) is 38.0 Å². The first-order chi connectivity index (χ1) is 8.99. The van der Waals surface area contributed by atoms with Gasteiger partial charge in [0, 0.05) is 16.9 Å². The van der Waals surface area contributed by atoms with Crippen molar-refractivity contribution in [3.8, 4) is 0 Å². The van der Waals surface area contributed by atoms with Crippen LogP contribution in [0.4, 0.5) is 11.4 Å². The standard InChI is InChI=1S/C16H18N2S/c1-10-5-4-6-11(2)15(10)18-14-8-7-13(16(17)19)9-12(14)3/h4-9,18H,1-3H3,(H2,17,19). The second-order valence-electron chi connectivity index (χ2n) is 4.79. The molecule has 0 radical (unpaired) electrons. The SMILES string of the molecule is Cc1cc(C(N)=S)ccc1Nc1c(C)cccc1C. The van der Waals surface area contributed by atoms with Crippen molar-refractivity contribution in [1.82, 2.24) is 0 Å². The van der Waals surface area contributed by atoms with Crippen LogP contribution in [0.5, 0.6) is 0 Å². The summed E-state index contributed by atoms with van der Waals surface area (Å²) in [7, 11) is 0. The van der Waals surface area contributed by atoms with Crippen LogP contribution in [0.25, 0.3) is 0 Å². The van der Waals surface area contributed by atoms with E-state index in [1.165, 1.54) is 11.1 Å². The number of aryl methyl sites for hydroxylation is 3. The summed E-state index contributed by atoms with van der Waals surface area (Å²) in [4.78, 5) is 0.432. The molecule has 0 saturated heterocycles. The Balaban J connectivity index is 2.36. The normalized spacial score (nSPS) is 10.3. The third-order valence-electron chi connectivity index (χ3n) is 3.25. The molecule has 0 saturated carbocycles. The summed E-state index contributed by atoms with van der Waals surface area (Å²) in [5.74, 6) is 0. The second kappa shape index (κ2) is 5.41. The van der Waals surface area contributed by atoms with Crippen molar-refractivity contribution in [2.75, 3.05) is 5.32 Å². The molecular weight excluding hydrogens is 252 g/mol. The number of benzene rings is 2. The van der Waals surface area contributed by atoms with Gasteiger partial charge in [0.25, 0.3) is 0 Å². The Bertz CT molecular complexity index is 612. The van der Waals surface area contributed by atoms with E-state index in [2.05, 4.69) is 44.3 Å². The van der Waals surface area contributed by atoms with E-state index in [4.69, 9.17) is 18.0 Å². The Morgan fingerprint density at radius 3 is 2.16 bits per heavy atom. The van der Waals surface area contributed by atoms with Gasteiger partial charge in [-0.2, -0.15) is 0 Å². The van der Waals surface area contributed by atoms with Gasteiger partial charge in [0.05, 0.1) is 0 Å². The molecule has 0 fully saturated rings. The van der Waals surface area contributed by atoms with Crippen molar-refractivity contribution in [3.63, 3.8) is 0 Å². The van der Waals surface area contributed by atoms with Crippen molar-refractivity contribution < 1.29 is 0 Å². The number of nitrogens with one attached hydrogen (secondary N) is 1. The lowest BCUT2D eigenvalue weighted by molar-refractivity contribution is 1.34. The average molecular weight is 270 g/mol. The van der Waals surface area contributed by atoms with Crippen LogP contribution >= 0.6 is 12.2 Å². The van der Waals surface area contributed by atoms with Crippen LogP contribution in [0, 0.1) is 20.8 Å². The van der Waals surface area contributed by atoms with Crippen LogP contribution in [0.15, 0.2) is 36.4 Å². The Hall–Kier alpha value is -1.87. The van der Waals surface area contributed by atoms with E-state index in [1.54, 1.807) is 0 Å². The highest BCUT2D eigenvalue weighted by atomic mass is 32.1. The molecule has 98 valence electrons. The molecule has 0 atom stereocenters. The second-order valence-corrected chi connectivity index (χ2v) is 5.23. The average Bonchev–Trinajstić information content (AvgIpc) is 2.35. The number of anilines is 2. The highest BCUT2D eigenvalue weighted by Crippen LogP contribution is 2.26. The van der Waals surface area contributed by atoms with Gasteiger partial charge in [-0.25, -0.2) is 0 Å². The highest BCUT2D eigenvalue weighted by Gasteiger charge is 2.06. The van der Waals surface area contributed by atoms with Crippen molar-refractivity contribution in [3.05, 3.63) is 58.7 Å². The number of hydrogen-bond donors (Lipinski definition) is 2. The first kappa shape index (κ1) is 13.6. The predicted molar refractivity (Wildman–Crippen MR) is 86.3 cm³/mol. The summed E-state index contributed by atoms with van der Waals surface area (Å²) in [5, 5.41) is 3.49. The van der Waals surface area contributed by atoms with E-state index >= 15 is 0 Å². The molecule has 2 aromatic rings. The molecule has 0 unspecified atom stereocenters. The van der Waals surface area contributed by atoms with E-state index in [-0.39, 0.29) is 0 Å². The van der Waals surface area contributed by atoms with E-state index in [0.29, 0.717) is 4.99 Å². The Morgan fingerprint density at radius 2 is 1.63 bits per heavy atom. The third-order valence-corrected chi connectivity index (χ3v) is 3.49. The van der Waals surface area contributed by atoms with Crippen molar-refractivity contribution >= 4 is 28.6 Å². The molecule has 19 heavy (non-hydrogen) atoms. The summed E-state index contributed by atoms with van der Waals surface area (Å²) in [6.07, 6.45) is 0. The molecule has 0 aliphatic carbocycles. The number of rotatable bonds is 3. The molecule has 3 heteroatoms. The van der Waals surface area contributed by atoms with E-state index in [9.17, 15) is 0 Å². The summed E-state index contributed by atoms with van der Waals surface area (Å²) in [6.45, 7) is 6.26. The van der Waals surface area contributed by atoms with Gasteiger partial charge in [-0.15, -0.1) is 0 Å². The summed E-state index contributed by atoms with van der Waals surface area (Å²) in [6, 6.07) is 12.3. The molecule has 0 aromatic heterocycles. The molecule has 2 nitrogen and oxygen atoms in total. The maximum absolute atomic E-state index is 5.64. The largest absolute Gasteiger partial charge is 0.389 e. The van der Waals surface area contributed by atoms with Crippen molar-refractivity contribution in [1.29, 1.82) is 0 Å². The molecule has 0 aliphatic rings. The Labute approximate surface area is 119 Å². The summed E-state index contributed by atoms with van der Waals surface area (Å²) < 4.78 is 0. The quantitative estimate of drug-likeness (QED) is 0.828. The number of nitrogens with two attached hydrogens (primary N) is 1. The Kier molecular flexibility index (Phi) is 3.86. The minimum atomic E-state index is 0.432. The van der Waals surface area contributed by atoms with Gasteiger partial charge in [0.1, 0.15) is 4.99 Å². The number of para-hydroxylation sites is 1. The third kappa shape index (κ3) is 2.93. The molecule has 0 bridgehead atoms. The predicted octanol–water partition coefficient (Wildman–Crippen LogP) is 3.99. The molecule has 2 rings (SSSR count). The first-order valence-electron chi connectivity index (χ1n) is 6.22. The molecule has 2 aromatic carbocycles. The Morgan fingerprint density at radius 1 is 1.00 bits per heavy atom. The smallest absolute Gasteiger partial charge is 0.103 e. The fourth-order valence-corrected chi connectivity index (χ4v) is 2.23. The maximum Gasteiger partial charge on any atom is 0.103 e. The van der Waals surface area contributed by atoms with Crippen LogP contribution < -0.4 is 11.1 Å². The summed E-state index contributed by atoms with van der Waals surface area (Å²) in [5.41, 5.74) is 12.4. The zero-order valence-electron chi connectivity index (χ0n) is 11.4. The molecule has 0 amide bonds. The van der Waals surface area contributed by atoms with Crippen molar-refractivity contribution in [2.45, 2.75) is 20.8 Å². The van der Waals surface area contributed by atoms with Crippen LogP contribution in [-0.2, 0) is 0 Å². The van der Waals surface area contributed by atoms with Gasteiger partial charge < -0.3 is 11.1 Å². The first-order valence-corrected chi connectivity index (χ1v) is 6.63. The minimum Gasteiger partial charge on any atom is -0.389 e. The lowest BCUT2D eigenvalue weighted by Gasteiger charge is -2.15. The fourth-order valence-electron chi connectivity index (χ4n) is 2.10. The van der Waals surface area contributed by atoms with Crippen LogP contribution in [-0.4, -0.2) is 4.99 Å². The molecule has 0 aliphatic heterocycles. The number of hydrogen-bond acceptors (Lipinski definition) is 2. The van der Waals surface area contributed by atoms with E-state index in [1.807, 2.05) is 18.2 Å². The lowest BCUT2D eigenvalue weighted by Crippen LogP contribution is -2.09. The monoisotopic (exact) mass is 270 g/mol. The lowest BCUT2D eigenvalue weighted by atomic mass is 10.1. The fraction of sp³-hybridized carbons (Fsp3) is 0.188. The van der Waals surface area contributed by atoms with Gasteiger partial charge in [-0.1, -0.05) is 30.4 Å².